The number of nitro benzene ring substituents is 1. The molecule has 9 heteroatoms. The molecule has 0 spiro atoms. The van der Waals surface area contributed by atoms with Crippen LogP contribution in [-0.2, 0) is 0 Å². The fraction of sp³-hybridized carbons (Fsp3) is 0.0455. The number of benzene rings is 2. The van der Waals surface area contributed by atoms with E-state index in [0.717, 1.165) is 5.56 Å². The second-order valence-corrected chi connectivity index (χ2v) is 7.27. The van der Waals surface area contributed by atoms with E-state index in [9.17, 15) is 20.2 Å². The highest BCUT2D eigenvalue weighted by molar-refractivity contribution is 7.11. The Kier molecular flexibility index (Phi) is 5.30. The minimum atomic E-state index is -0.615. The first-order chi connectivity index (χ1) is 15.0. The molecule has 0 bridgehead atoms. The molecule has 0 N–H and O–H groups in total. The Morgan fingerprint density at radius 3 is 2.71 bits per heavy atom. The summed E-state index contributed by atoms with van der Waals surface area (Å²) in [5, 5.41) is 23.1. The van der Waals surface area contributed by atoms with Gasteiger partial charge in [-0.25, -0.2) is 9.78 Å². The van der Waals surface area contributed by atoms with E-state index >= 15 is 0 Å². The van der Waals surface area contributed by atoms with E-state index in [4.69, 9.17) is 9.15 Å². The van der Waals surface area contributed by atoms with Crippen molar-refractivity contribution >= 4 is 39.6 Å². The largest absolute Gasteiger partial charge is 0.497 e. The number of hydrogen-bond donors (Lipinski definition) is 0. The zero-order valence-corrected chi connectivity index (χ0v) is 16.9. The van der Waals surface area contributed by atoms with E-state index in [0.29, 0.717) is 27.4 Å². The summed E-state index contributed by atoms with van der Waals surface area (Å²) >= 11 is 1.21. The van der Waals surface area contributed by atoms with Gasteiger partial charge in [-0.15, -0.1) is 11.3 Å². The Labute approximate surface area is 179 Å². The molecule has 0 radical (unpaired) electrons. The first kappa shape index (κ1) is 20.0. The van der Waals surface area contributed by atoms with Crippen LogP contribution < -0.4 is 10.4 Å². The SMILES string of the molecule is COc1ccc(/C=C(\C#N)c2nc(-c3cc4cc([N+](=O)[O-])ccc4oc3=O)cs2)cc1. The van der Waals surface area contributed by atoms with Crippen LogP contribution in [0.3, 0.4) is 0 Å². The normalized spacial score (nSPS) is 11.3. The number of nitrogens with zero attached hydrogens (tertiary/aromatic N) is 3. The van der Waals surface area contributed by atoms with Crippen LogP contribution in [-0.4, -0.2) is 17.0 Å². The van der Waals surface area contributed by atoms with Gasteiger partial charge in [0.1, 0.15) is 22.4 Å². The van der Waals surface area contributed by atoms with Crippen LogP contribution in [0.5, 0.6) is 5.75 Å². The molecule has 0 saturated carbocycles. The van der Waals surface area contributed by atoms with E-state index in [1.165, 1.54) is 35.6 Å². The van der Waals surface area contributed by atoms with Crippen LogP contribution in [0.15, 0.2) is 63.1 Å². The topological polar surface area (TPSA) is 119 Å². The van der Waals surface area contributed by atoms with Gasteiger partial charge in [-0.05, 0) is 35.9 Å². The second kappa shape index (κ2) is 8.22. The molecule has 0 aliphatic carbocycles. The number of nitriles is 1. The van der Waals surface area contributed by atoms with Gasteiger partial charge in [-0.1, -0.05) is 12.1 Å². The summed E-state index contributed by atoms with van der Waals surface area (Å²) in [6, 6.07) is 14.8. The fourth-order valence-corrected chi connectivity index (χ4v) is 3.72. The molecule has 0 aliphatic rings. The van der Waals surface area contributed by atoms with Gasteiger partial charge in [0.05, 0.1) is 28.9 Å². The van der Waals surface area contributed by atoms with E-state index in [1.54, 1.807) is 30.7 Å². The van der Waals surface area contributed by atoms with Gasteiger partial charge in [0.25, 0.3) is 5.69 Å². The van der Waals surface area contributed by atoms with Crippen molar-refractivity contribution in [2.24, 2.45) is 0 Å². The maximum Gasteiger partial charge on any atom is 0.345 e. The van der Waals surface area contributed by atoms with Crippen molar-refractivity contribution in [2.45, 2.75) is 0 Å². The lowest BCUT2D eigenvalue weighted by atomic mass is 10.1. The first-order valence-electron chi connectivity index (χ1n) is 8.93. The highest BCUT2D eigenvalue weighted by Gasteiger charge is 2.15. The molecule has 152 valence electrons. The number of nitro groups is 1. The third-order valence-electron chi connectivity index (χ3n) is 4.48. The molecule has 4 rings (SSSR count). The number of fused-ring (bicyclic) bond motifs is 1. The summed E-state index contributed by atoms with van der Waals surface area (Å²) < 4.78 is 10.4. The van der Waals surface area contributed by atoms with E-state index < -0.39 is 10.5 Å². The van der Waals surface area contributed by atoms with Gasteiger partial charge < -0.3 is 9.15 Å². The first-order valence-corrected chi connectivity index (χ1v) is 9.81. The van der Waals surface area contributed by atoms with Gasteiger partial charge in [0, 0.05) is 22.9 Å². The smallest absolute Gasteiger partial charge is 0.345 e. The third kappa shape index (κ3) is 4.05. The van der Waals surface area contributed by atoms with Crippen LogP contribution in [0, 0.1) is 21.4 Å². The Bertz CT molecular complexity index is 1430. The van der Waals surface area contributed by atoms with E-state index in [2.05, 4.69) is 11.1 Å². The second-order valence-electron chi connectivity index (χ2n) is 6.41. The number of ether oxygens (including phenoxy) is 1. The number of thiazole rings is 1. The summed E-state index contributed by atoms with van der Waals surface area (Å²) in [5.74, 6) is 0.704. The van der Waals surface area contributed by atoms with Crippen LogP contribution in [0.25, 0.3) is 33.9 Å². The van der Waals surface area contributed by atoms with E-state index in [-0.39, 0.29) is 16.8 Å². The quantitative estimate of drug-likeness (QED) is 0.191. The molecule has 0 atom stereocenters. The molecular formula is C22H13N3O5S. The van der Waals surface area contributed by atoms with Crippen molar-refractivity contribution in [3.05, 3.63) is 85.0 Å². The summed E-state index contributed by atoms with van der Waals surface area (Å²) in [5.41, 5.74) is 1.15. The molecule has 4 aromatic rings. The molecule has 0 fully saturated rings. The zero-order chi connectivity index (χ0) is 22.0. The maximum absolute atomic E-state index is 12.4. The lowest BCUT2D eigenvalue weighted by Gasteiger charge is -2.01. The summed E-state index contributed by atoms with van der Waals surface area (Å²) in [7, 11) is 1.57. The van der Waals surface area contributed by atoms with Gasteiger partial charge >= 0.3 is 5.63 Å². The Balaban J connectivity index is 1.73. The summed E-state index contributed by atoms with van der Waals surface area (Å²) in [6.07, 6.45) is 1.69. The number of rotatable bonds is 5. The highest BCUT2D eigenvalue weighted by Crippen LogP contribution is 2.28. The van der Waals surface area contributed by atoms with Crippen molar-refractivity contribution in [3.63, 3.8) is 0 Å². The standard InChI is InChI=1S/C22H13N3O5S/c1-29-17-5-2-13(3-6-17)8-15(11-23)21-24-19(12-31-21)18-10-14-9-16(25(27)28)4-7-20(14)30-22(18)26/h2-10,12H,1H3/b15-8+. The highest BCUT2D eigenvalue weighted by atomic mass is 32.1. The Morgan fingerprint density at radius 2 is 2.03 bits per heavy atom. The van der Waals surface area contributed by atoms with Crippen LogP contribution in [0.2, 0.25) is 0 Å². The number of aromatic nitrogens is 1. The number of allylic oxidation sites excluding steroid dienone is 1. The van der Waals surface area contributed by atoms with Gasteiger partial charge in [0.15, 0.2) is 0 Å². The molecule has 0 aliphatic heterocycles. The number of hydrogen-bond acceptors (Lipinski definition) is 8. The summed E-state index contributed by atoms with van der Waals surface area (Å²) in [4.78, 5) is 27.3. The molecular weight excluding hydrogens is 418 g/mol. The van der Waals surface area contributed by atoms with Crippen molar-refractivity contribution in [2.75, 3.05) is 7.11 Å². The van der Waals surface area contributed by atoms with Crippen molar-refractivity contribution in [1.82, 2.24) is 4.98 Å². The molecule has 8 nitrogen and oxygen atoms in total. The third-order valence-corrected chi connectivity index (χ3v) is 5.36. The van der Waals surface area contributed by atoms with Crippen LogP contribution >= 0.6 is 11.3 Å². The Morgan fingerprint density at radius 1 is 1.26 bits per heavy atom. The molecule has 0 amide bonds. The predicted molar refractivity (Wildman–Crippen MR) is 117 cm³/mol. The number of non-ortho nitro benzene ring substituents is 1. The zero-order valence-electron chi connectivity index (χ0n) is 16.1. The minimum absolute atomic E-state index is 0.111. The lowest BCUT2D eigenvalue weighted by Crippen LogP contribution is -2.03. The van der Waals surface area contributed by atoms with Crippen LogP contribution in [0.1, 0.15) is 10.6 Å². The fourth-order valence-electron chi connectivity index (χ4n) is 2.93. The number of methoxy groups -OCH3 is 1. The molecule has 0 unspecified atom stereocenters. The monoisotopic (exact) mass is 431 g/mol. The average Bonchev–Trinajstić information content (AvgIpc) is 3.26. The van der Waals surface area contributed by atoms with E-state index in [1.807, 2.05) is 12.1 Å². The van der Waals surface area contributed by atoms with Crippen molar-refractivity contribution in [1.29, 1.82) is 5.26 Å². The molecule has 2 heterocycles. The van der Waals surface area contributed by atoms with Gasteiger partial charge in [-0.3, -0.25) is 10.1 Å². The molecule has 31 heavy (non-hydrogen) atoms. The van der Waals surface area contributed by atoms with Crippen LogP contribution in [0.4, 0.5) is 5.69 Å². The lowest BCUT2D eigenvalue weighted by molar-refractivity contribution is -0.384. The predicted octanol–water partition coefficient (Wildman–Crippen LogP) is 4.90. The van der Waals surface area contributed by atoms with Gasteiger partial charge in [-0.2, -0.15) is 5.26 Å². The Hall–Kier alpha value is -4.29. The average molecular weight is 431 g/mol. The minimum Gasteiger partial charge on any atom is -0.497 e. The van der Waals surface area contributed by atoms with Crippen molar-refractivity contribution in [3.8, 4) is 23.1 Å². The molecule has 0 saturated heterocycles. The van der Waals surface area contributed by atoms with Gasteiger partial charge in [0.2, 0.25) is 0 Å². The maximum atomic E-state index is 12.4. The molecule has 2 aromatic heterocycles. The van der Waals surface area contributed by atoms with Crippen molar-refractivity contribution < 1.29 is 14.1 Å². The summed E-state index contributed by atoms with van der Waals surface area (Å²) in [6.45, 7) is 0. The molecule has 2 aromatic carbocycles.